The number of rotatable bonds is 8. The summed E-state index contributed by atoms with van der Waals surface area (Å²) in [5.74, 6) is -0.178. The SMILES string of the molecule is CCCNCC(=O)N(C)CCCC(=O)OC. The molecule has 0 aromatic heterocycles. The van der Waals surface area contributed by atoms with Gasteiger partial charge in [-0.1, -0.05) is 6.92 Å². The van der Waals surface area contributed by atoms with Crippen LogP contribution in [-0.4, -0.2) is 50.6 Å². The lowest BCUT2D eigenvalue weighted by Gasteiger charge is -2.16. The molecule has 16 heavy (non-hydrogen) atoms. The molecule has 0 radical (unpaired) electrons. The minimum Gasteiger partial charge on any atom is -0.469 e. The van der Waals surface area contributed by atoms with Crippen molar-refractivity contribution in [3.8, 4) is 0 Å². The Hall–Kier alpha value is -1.10. The predicted octanol–water partition coefficient (Wildman–Crippen LogP) is 0.398. The van der Waals surface area contributed by atoms with Crippen LogP contribution in [-0.2, 0) is 14.3 Å². The Bertz CT molecular complexity index is 219. The van der Waals surface area contributed by atoms with E-state index in [2.05, 4.69) is 17.0 Å². The predicted molar refractivity (Wildman–Crippen MR) is 62.0 cm³/mol. The highest BCUT2D eigenvalue weighted by molar-refractivity contribution is 5.78. The quantitative estimate of drug-likeness (QED) is 0.484. The lowest BCUT2D eigenvalue weighted by atomic mass is 10.3. The van der Waals surface area contributed by atoms with Crippen LogP contribution in [0.25, 0.3) is 0 Å². The number of likely N-dealkylation sites (N-methyl/N-ethyl adjacent to an activating group) is 1. The molecule has 0 bridgehead atoms. The van der Waals surface area contributed by atoms with Gasteiger partial charge in [0.1, 0.15) is 0 Å². The highest BCUT2D eigenvalue weighted by atomic mass is 16.5. The van der Waals surface area contributed by atoms with Gasteiger partial charge in [0.2, 0.25) is 5.91 Å². The van der Waals surface area contributed by atoms with Crippen LogP contribution >= 0.6 is 0 Å². The highest BCUT2D eigenvalue weighted by Crippen LogP contribution is 1.95. The average Bonchev–Trinajstić information content (AvgIpc) is 2.28. The van der Waals surface area contributed by atoms with Crippen LogP contribution in [0.1, 0.15) is 26.2 Å². The molecule has 0 aliphatic rings. The lowest BCUT2D eigenvalue weighted by molar-refractivity contribution is -0.141. The second kappa shape index (κ2) is 9.15. The van der Waals surface area contributed by atoms with E-state index in [1.165, 1.54) is 7.11 Å². The Morgan fingerprint density at radius 3 is 2.62 bits per heavy atom. The van der Waals surface area contributed by atoms with E-state index in [0.29, 0.717) is 25.9 Å². The fraction of sp³-hybridized carbons (Fsp3) is 0.818. The fourth-order valence-electron chi connectivity index (χ4n) is 1.19. The summed E-state index contributed by atoms with van der Waals surface area (Å²) >= 11 is 0. The van der Waals surface area contributed by atoms with Crippen molar-refractivity contribution in [3.63, 3.8) is 0 Å². The Morgan fingerprint density at radius 2 is 2.06 bits per heavy atom. The third-order valence-corrected chi connectivity index (χ3v) is 2.23. The van der Waals surface area contributed by atoms with Crippen LogP contribution in [0.4, 0.5) is 0 Å². The summed E-state index contributed by atoms with van der Waals surface area (Å²) in [6.45, 7) is 3.85. The van der Waals surface area contributed by atoms with Gasteiger partial charge in [-0.05, 0) is 19.4 Å². The van der Waals surface area contributed by atoms with Crippen molar-refractivity contribution in [1.29, 1.82) is 0 Å². The summed E-state index contributed by atoms with van der Waals surface area (Å²) in [4.78, 5) is 24.0. The fourth-order valence-corrected chi connectivity index (χ4v) is 1.19. The standard InChI is InChI=1S/C11H22N2O3/c1-4-7-12-9-10(14)13(2)8-5-6-11(15)16-3/h12H,4-9H2,1-3H3. The van der Waals surface area contributed by atoms with Crippen molar-refractivity contribution >= 4 is 11.9 Å². The number of methoxy groups -OCH3 is 1. The van der Waals surface area contributed by atoms with E-state index < -0.39 is 0 Å². The number of nitrogens with one attached hydrogen (secondary N) is 1. The molecule has 5 heteroatoms. The number of carbonyl (C=O) groups is 2. The average molecular weight is 230 g/mol. The highest BCUT2D eigenvalue weighted by Gasteiger charge is 2.08. The Balaban J connectivity index is 3.58. The summed E-state index contributed by atoms with van der Waals surface area (Å²) in [6.07, 6.45) is 2.01. The Labute approximate surface area is 97.1 Å². The molecule has 0 saturated heterocycles. The zero-order chi connectivity index (χ0) is 12.4. The maximum absolute atomic E-state index is 11.5. The van der Waals surface area contributed by atoms with Crippen LogP contribution in [0, 0.1) is 0 Å². The molecule has 0 fully saturated rings. The van der Waals surface area contributed by atoms with Crippen molar-refractivity contribution in [1.82, 2.24) is 10.2 Å². The van der Waals surface area contributed by atoms with Crippen molar-refractivity contribution in [2.45, 2.75) is 26.2 Å². The molecule has 0 heterocycles. The molecule has 0 aliphatic carbocycles. The van der Waals surface area contributed by atoms with Gasteiger partial charge >= 0.3 is 5.97 Å². The number of nitrogens with zero attached hydrogens (tertiary/aromatic N) is 1. The second-order valence-electron chi connectivity index (χ2n) is 3.67. The zero-order valence-electron chi connectivity index (χ0n) is 10.4. The van der Waals surface area contributed by atoms with Crippen molar-refractivity contribution < 1.29 is 14.3 Å². The molecule has 0 aromatic carbocycles. The van der Waals surface area contributed by atoms with Crippen LogP contribution in [0.2, 0.25) is 0 Å². The first-order chi connectivity index (χ1) is 7.61. The third kappa shape index (κ3) is 7.23. The molecule has 0 spiro atoms. The lowest BCUT2D eigenvalue weighted by Crippen LogP contribution is -2.36. The van der Waals surface area contributed by atoms with E-state index >= 15 is 0 Å². The molecule has 0 saturated carbocycles. The van der Waals surface area contributed by atoms with Gasteiger partial charge in [-0.25, -0.2) is 0 Å². The van der Waals surface area contributed by atoms with Crippen LogP contribution < -0.4 is 5.32 Å². The van der Waals surface area contributed by atoms with Gasteiger partial charge < -0.3 is 15.0 Å². The van der Waals surface area contributed by atoms with Gasteiger partial charge in [-0.2, -0.15) is 0 Å². The molecule has 0 atom stereocenters. The number of esters is 1. The molecule has 0 unspecified atom stereocenters. The van der Waals surface area contributed by atoms with Crippen LogP contribution in [0.3, 0.4) is 0 Å². The Kier molecular flexibility index (Phi) is 8.52. The van der Waals surface area contributed by atoms with E-state index in [1.807, 2.05) is 0 Å². The number of ether oxygens (including phenoxy) is 1. The normalized spacial score (nSPS) is 9.94. The maximum atomic E-state index is 11.5. The summed E-state index contributed by atoms with van der Waals surface area (Å²) in [5, 5.41) is 3.04. The summed E-state index contributed by atoms with van der Waals surface area (Å²) in [6, 6.07) is 0. The summed E-state index contributed by atoms with van der Waals surface area (Å²) < 4.78 is 4.52. The summed E-state index contributed by atoms with van der Waals surface area (Å²) in [7, 11) is 3.11. The van der Waals surface area contributed by atoms with Gasteiger partial charge in [0, 0.05) is 20.0 Å². The number of carbonyl (C=O) groups excluding carboxylic acids is 2. The monoisotopic (exact) mass is 230 g/mol. The van der Waals surface area contributed by atoms with E-state index in [4.69, 9.17) is 0 Å². The molecule has 0 aliphatic heterocycles. The van der Waals surface area contributed by atoms with E-state index in [-0.39, 0.29) is 11.9 Å². The zero-order valence-corrected chi connectivity index (χ0v) is 10.4. The van der Waals surface area contributed by atoms with E-state index in [9.17, 15) is 9.59 Å². The number of hydrogen-bond donors (Lipinski definition) is 1. The number of amides is 1. The minimum absolute atomic E-state index is 0.0540. The number of hydrogen-bond acceptors (Lipinski definition) is 4. The Morgan fingerprint density at radius 1 is 1.38 bits per heavy atom. The summed E-state index contributed by atoms with van der Waals surface area (Å²) in [5.41, 5.74) is 0. The van der Waals surface area contributed by atoms with Crippen molar-refractivity contribution in [2.24, 2.45) is 0 Å². The van der Waals surface area contributed by atoms with Gasteiger partial charge in [0.05, 0.1) is 13.7 Å². The minimum atomic E-state index is -0.232. The molecule has 94 valence electrons. The maximum Gasteiger partial charge on any atom is 0.305 e. The van der Waals surface area contributed by atoms with Gasteiger partial charge in [-0.3, -0.25) is 9.59 Å². The molecule has 1 amide bonds. The van der Waals surface area contributed by atoms with Crippen LogP contribution in [0.15, 0.2) is 0 Å². The molecular formula is C11H22N2O3. The first kappa shape index (κ1) is 14.9. The largest absolute Gasteiger partial charge is 0.469 e. The molecule has 5 nitrogen and oxygen atoms in total. The smallest absolute Gasteiger partial charge is 0.305 e. The third-order valence-electron chi connectivity index (χ3n) is 2.23. The van der Waals surface area contributed by atoms with Crippen LogP contribution in [0.5, 0.6) is 0 Å². The molecule has 1 N–H and O–H groups in total. The molecule has 0 aromatic rings. The first-order valence-electron chi connectivity index (χ1n) is 5.63. The van der Waals surface area contributed by atoms with Crippen molar-refractivity contribution in [2.75, 3.05) is 33.8 Å². The van der Waals surface area contributed by atoms with Gasteiger partial charge in [0.15, 0.2) is 0 Å². The van der Waals surface area contributed by atoms with E-state index in [1.54, 1.807) is 11.9 Å². The van der Waals surface area contributed by atoms with Crippen molar-refractivity contribution in [3.05, 3.63) is 0 Å². The molecule has 0 rings (SSSR count). The van der Waals surface area contributed by atoms with Gasteiger partial charge in [0.25, 0.3) is 0 Å². The first-order valence-corrected chi connectivity index (χ1v) is 5.63. The molecular weight excluding hydrogens is 208 g/mol. The topological polar surface area (TPSA) is 58.6 Å². The van der Waals surface area contributed by atoms with E-state index in [0.717, 1.165) is 13.0 Å². The second-order valence-corrected chi connectivity index (χ2v) is 3.67. The van der Waals surface area contributed by atoms with Gasteiger partial charge in [-0.15, -0.1) is 0 Å².